The Morgan fingerprint density at radius 3 is 2.19 bits per heavy atom. The SMILES string of the molecule is COc1cccc(S(=O)(=O)N2[C@@H]3CNC[C@H]2C3c2ccc(/C=C/c3ccccc3)cc2)c1. The van der Waals surface area contributed by atoms with Crippen molar-refractivity contribution in [3.05, 3.63) is 95.6 Å². The standard InChI is InChI=1S/C26H26N2O3S/c1-31-22-8-5-9-23(16-22)32(29,30)28-24-17-27-18-25(28)26(24)21-14-12-20(13-15-21)11-10-19-6-3-2-4-7-19/h2-16,24-27H,17-18H2,1H3/b11-10+/t24-,25+,26?. The Hall–Kier alpha value is -2.93. The predicted octanol–water partition coefficient (Wildman–Crippen LogP) is 3.99. The van der Waals surface area contributed by atoms with Gasteiger partial charge >= 0.3 is 0 Å². The predicted molar refractivity (Wildman–Crippen MR) is 127 cm³/mol. The Balaban J connectivity index is 1.35. The lowest BCUT2D eigenvalue weighted by Gasteiger charge is -2.57. The second-order valence-corrected chi connectivity index (χ2v) is 10.1. The zero-order valence-corrected chi connectivity index (χ0v) is 18.7. The van der Waals surface area contributed by atoms with Gasteiger partial charge in [-0.25, -0.2) is 8.42 Å². The van der Waals surface area contributed by atoms with Gasteiger partial charge in [-0.1, -0.05) is 72.8 Å². The van der Waals surface area contributed by atoms with Gasteiger partial charge in [0.2, 0.25) is 10.0 Å². The Labute approximate surface area is 189 Å². The summed E-state index contributed by atoms with van der Waals surface area (Å²) in [5.41, 5.74) is 3.48. The van der Waals surface area contributed by atoms with Crippen LogP contribution in [0.2, 0.25) is 0 Å². The zero-order valence-electron chi connectivity index (χ0n) is 17.9. The van der Waals surface area contributed by atoms with Crippen molar-refractivity contribution in [1.82, 2.24) is 9.62 Å². The number of rotatable bonds is 6. The molecule has 1 N–H and O–H groups in total. The molecule has 0 aliphatic carbocycles. The van der Waals surface area contributed by atoms with Crippen LogP contribution in [0.1, 0.15) is 22.6 Å². The summed E-state index contributed by atoms with van der Waals surface area (Å²) in [4.78, 5) is 0.286. The molecule has 0 spiro atoms. The number of piperidine rings is 1. The van der Waals surface area contributed by atoms with Crippen LogP contribution < -0.4 is 10.1 Å². The maximum atomic E-state index is 13.4. The van der Waals surface area contributed by atoms with Crippen molar-refractivity contribution in [2.24, 2.45) is 0 Å². The summed E-state index contributed by atoms with van der Waals surface area (Å²) < 4.78 is 33.7. The third-order valence-corrected chi connectivity index (χ3v) is 8.34. The van der Waals surface area contributed by atoms with E-state index in [-0.39, 0.29) is 22.9 Å². The molecule has 2 bridgehead atoms. The first-order valence-electron chi connectivity index (χ1n) is 10.8. The molecule has 0 radical (unpaired) electrons. The summed E-state index contributed by atoms with van der Waals surface area (Å²) in [7, 11) is -2.04. The van der Waals surface area contributed by atoms with Crippen molar-refractivity contribution >= 4 is 22.2 Å². The van der Waals surface area contributed by atoms with E-state index in [9.17, 15) is 8.42 Å². The molecule has 3 atom stereocenters. The Bertz CT molecular complexity index is 1210. The number of methoxy groups -OCH3 is 1. The molecule has 2 saturated heterocycles. The van der Waals surface area contributed by atoms with E-state index in [1.165, 1.54) is 5.56 Å². The highest BCUT2D eigenvalue weighted by Gasteiger charge is 2.56. The van der Waals surface area contributed by atoms with Crippen molar-refractivity contribution in [2.75, 3.05) is 20.2 Å². The lowest BCUT2D eigenvalue weighted by atomic mass is 9.75. The molecule has 2 heterocycles. The van der Waals surface area contributed by atoms with Gasteiger partial charge in [0.25, 0.3) is 0 Å². The topological polar surface area (TPSA) is 58.6 Å². The number of sulfonamides is 1. The third-order valence-electron chi connectivity index (χ3n) is 6.40. The van der Waals surface area contributed by atoms with Gasteiger partial charge in [-0.3, -0.25) is 0 Å². The molecule has 5 nitrogen and oxygen atoms in total. The van der Waals surface area contributed by atoms with E-state index in [0.717, 1.165) is 11.1 Å². The molecule has 5 rings (SSSR count). The summed E-state index contributed by atoms with van der Waals surface area (Å²) in [6, 6.07) is 25.2. The van der Waals surface area contributed by atoms with Crippen molar-refractivity contribution in [1.29, 1.82) is 0 Å². The minimum Gasteiger partial charge on any atom is -0.497 e. The van der Waals surface area contributed by atoms with Gasteiger partial charge < -0.3 is 10.1 Å². The minimum absolute atomic E-state index is 0.0874. The monoisotopic (exact) mass is 446 g/mol. The zero-order chi connectivity index (χ0) is 22.1. The van der Waals surface area contributed by atoms with Gasteiger partial charge in [-0.05, 0) is 28.8 Å². The molecule has 32 heavy (non-hydrogen) atoms. The van der Waals surface area contributed by atoms with E-state index >= 15 is 0 Å². The van der Waals surface area contributed by atoms with Crippen molar-refractivity contribution in [3.8, 4) is 5.75 Å². The van der Waals surface area contributed by atoms with Crippen molar-refractivity contribution < 1.29 is 13.2 Å². The number of benzene rings is 3. The number of fused-ring (bicyclic) bond motifs is 2. The summed E-state index contributed by atoms with van der Waals surface area (Å²) in [5.74, 6) is 0.745. The molecule has 2 aliphatic heterocycles. The second kappa shape index (κ2) is 8.54. The van der Waals surface area contributed by atoms with Gasteiger partial charge in [0.05, 0.1) is 12.0 Å². The number of hydrogen-bond donors (Lipinski definition) is 1. The highest BCUT2D eigenvalue weighted by Crippen LogP contribution is 2.46. The first-order valence-corrected chi connectivity index (χ1v) is 12.2. The Kier molecular flexibility index (Phi) is 5.59. The van der Waals surface area contributed by atoms with E-state index in [1.54, 1.807) is 35.7 Å². The lowest BCUT2D eigenvalue weighted by Crippen LogP contribution is -2.73. The molecule has 3 aromatic carbocycles. The fraction of sp³-hybridized carbons (Fsp3) is 0.231. The quantitative estimate of drug-likeness (QED) is 0.582. The van der Waals surface area contributed by atoms with E-state index in [2.05, 4.69) is 53.9 Å². The molecule has 0 amide bonds. The van der Waals surface area contributed by atoms with Gasteiger partial charge in [0.15, 0.2) is 0 Å². The summed E-state index contributed by atoms with van der Waals surface area (Å²) in [6.07, 6.45) is 4.20. The number of nitrogens with zero attached hydrogens (tertiary/aromatic N) is 1. The largest absolute Gasteiger partial charge is 0.497 e. The van der Waals surface area contributed by atoms with Gasteiger partial charge in [0.1, 0.15) is 5.75 Å². The molecule has 1 unspecified atom stereocenters. The van der Waals surface area contributed by atoms with E-state index < -0.39 is 10.0 Å². The van der Waals surface area contributed by atoms with Gasteiger partial charge in [-0.2, -0.15) is 4.31 Å². The lowest BCUT2D eigenvalue weighted by molar-refractivity contribution is 0.0370. The van der Waals surface area contributed by atoms with E-state index in [4.69, 9.17) is 4.74 Å². The molecule has 2 fully saturated rings. The molecule has 6 heteroatoms. The van der Waals surface area contributed by atoms with Gasteiger partial charge in [0, 0.05) is 37.2 Å². The van der Waals surface area contributed by atoms with Crippen LogP contribution in [-0.4, -0.2) is 45.0 Å². The Morgan fingerprint density at radius 2 is 1.53 bits per heavy atom. The first kappa shape index (κ1) is 20.9. The molecule has 0 saturated carbocycles. The minimum atomic E-state index is -3.58. The highest BCUT2D eigenvalue weighted by molar-refractivity contribution is 7.89. The number of nitrogens with one attached hydrogen (secondary N) is 1. The van der Waals surface area contributed by atoms with Crippen LogP contribution in [-0.2, 0) is 10.0 Å². The second-order valence-electron chi connectivity index (χ2n) is 8.24. The maximum Gasteiger partial charge on any atom is 0.243 e. The van der Waals surface area contributed by atoms with Crippen molar-refractivity contribution in [3.63, 3.8) is 0 Å². The van der Waals surface area contributed by atoms with Crippen LogP contribution in [0.4, 0.5) is 0 Å². The van der Waals surface area contributed by atoms with Crippen LogP contribution in [0, 0.1) is 0 Å². The van der Waals surface area contributed by atoms with Crippen LogP contribution in [0.15, 0.2) is 83.8 Å². The molecular formula is C26H26N2O3S. The average Bonchev–Trinajstić information content (AvgIpc) is 2.84. The van der Waals surface area contributed by atoms with Crippen LogP contribution in [0.5, 0.6) is 5.75 Å². The molecule has 0 aromatic heterocycles. The normalized spacial score (nSPS) is 23.1. The van der Waals surface area contributed by atoms with Crippen LogP contribution >= 0.6 is 0 Å². The Morgan fingerprint density at radius 1 is 0.875 bits per heavy atom. The van der Waals surface area contributed by atoms with E-state index in [0.29, 0.717) is 18.8 Å². The first-order chi connectivity index (χ1) is 15.6. The number of piperazine rings is 1. The van der Waals surface area contributed by atoms with Crippen molar-refractivity contribution in [2.45, 2.75) is 22.9 Å². The molecule has 2 aliphatic rings. The third kappa shape index (κ3) is 3.75. The fourth-order valence-electron chi connectivity index (χ4n) is 4.80. The highest BCUT2D eigenvalue weighted by atomic mass is 32.2. The number of ether oxygens (including phenoxy) is 1. The van der Waals surface area contributed by atoms with Crippen LogP contribution in [0.3, 0.4) is 0 Å². The molecule has 164 valence electrons. The van der Waals surface area contributed by atoms with E-state index in [1.807, 2.05) is 18.2 Å². The van der Waals surface area contributed by atoms with Gasteiger partial charge in [-0.15, -0.1) is 0 Å². The molecule has 3 aromatic rings. The maximum absolute atomic E-state index is 13.4. The number of hydrogen-bond acceptors (Lipinski definition) is 4. The van der Waals surface area contributed by atoms with Crippen LogP contribution in [0.25, 0.3) is 12.2 Å². The molecular weight excluding hydrogens is 420 g/mol. The smallest absolute Gasteiger partial charge is 0.243 e. The summed E-state index contributed by atoms with van der Waals surface area (Å²) in [5, 5.41) is 3.37. The summed E-state index contributed by atoms with van der Waals surface area (Å²) in [6.45, 7) is 1.31. The fourth-order valence-corrected chi connectivity index (χ4v) is 6.68. The summed E-state index contributed by atoms with van der Waals surface area (Å²) >= 11 is 0. The average molecular weight is 447 g/mol.